The molecule has 0 radical (unpaired) electrons. The molecule has 2 nitrogen and oxygen atoms in total. The molecule has 1 N–H and O–H groups in total. The highest BCUT2D eigenvalue weighted by molar-refractivity contribution is 4.85. The lowest BCUT2D eigenvalue weighted by atomic mass is 9.94. The first-order valence-electron chi connectivity index (χ1n) is 5.78. The molecule has 1 heterocycles. The van der Waals surface area contributed by atoms with Crippen molar-refractivity contribution in [2.24, 2.45) is 0 Å². The minimum atomic E-state index is 0.372. The van der Waals surface area contributed by atoms with Crippen LogP contribution in [0.25, 0.3) is 0 Å². The molecular formula is C11H21NO. The molecule has 0 aromatic carbocycles. The number of aliphatic hydroxyl groups excluding tert-OH is 1. The Morgan fingerprint density at radius 1 is 1.00 bits per heavy atom. The lowest BCUT2D eigenvalue weighted by Crippen LogP contribution is -2.41. The van der Waals surface area contributed by atoms with Crippen LogP contribution in [-0.4, -0.2) is 35.2 Å². The molecule has 13 heavy (non-hydrogen) atoms. The van der Waals surface area contributed by atoms with Crippen LogP contribution in [0.3, 0.4) is 0 Å². The fraction of sp³-hybridized carbons (Fsp3) is 1.00. The number of hydrogen-bond acceptors (Lipinski definition) is 2. The van der Waals surface area contributed by atoms with Gasteiger partial charge in [0.2, 0.25) is 0 Å². The first kappa shape index (κ1) is 9.47. The van der Waals surface area contributed by atoms with E-state index in [0.29, 0.717) is 12.6 Å². The van der Waals surface area contributed by atoms with Gasteiger partial charge in [0.1, 0.15) is 0 Å². The molecule has 76 valence electrons. The highest BCUT2D eigenvalue weighted by Crippen LogP contribution is 2.28. The Hall–Kier alpha value is -0.0800. The van der Waals surface area contributed by atoms with Crippen molar-refractivity contribution in [3.8, 4) is 0 Å². The van der Waals surface area contributed by atoms with Crippen molar-refractivity contribution in [2.75, 3.05) is 13.2 Å². The summed E-state index contributed by atoms with van der Waals surface area (Å²) in [4.78, 5) is 2.57. The zero-order chi connectivity index (χ0) is 9.10. The van der Waals surface area contributed by atoms with Crippen molar-refractivity contribution >= 4 is 0 Å². The molecule has 0 unspecified atom stereocenters. The molecule has 2 heteroatoms. The average molecular weight is 183 g/mol. The molecule has 0 aromatic heterocycles. The first-order chi connectivity index (χ1) is 6.42. The van der Waals surface area contributed by atoms with Crippen LogP contribution in [0.15, 0.2) is 0 Å². The van der Waals surface area contributed by atoms with E-state index < -0.39 is 0 Å². The van der Waals surface area contributed by atoms with E-state index in [-0.39, 0.29) is 0 Å². The predicted octanol–water partition coefficient (Wildman–Crippen LogP) is 1.78. The third-order valence-electron chi connectivity index (χ3n) is 3.68. The maximum absolute atomic E-state index is 9.23. The Bertz CT molecular complexity index is 154. The van der Waals surface area contributed by atoms with Gasteiger partial charge >= 0.3 is 0 Å². The largest absolute Gasteiger partial charge is 0.395 e. The van der Waals surface area contributed by atoms with E-state index in [0.717, 1.165) is 6.04 Å². The van der Waals surface area contributed by atoms with E-state index in [1.54, 1.807) is 0 Å². The highest BCUT2D eigenvalue weighted by atomic mass is 16.3. The summed E-state index contributed by atoms with van der Waals surface area (Å²) in [6.45, 7) is 1.60. The SMILES string of the molecule is OC[C@@H]1CCCN1C1CCCCC1. The van der Waals surface area contributed by atoms with Crippen LogP contribution >= 0.6 is 0 Å². The van der Waals surface area contributed by atoms with Crippen molar-refractivity contribution in [3.05, 3.63) is 0 Å². The van der Waals surface area contributed by atoms with Crippen LogP contribution in [0.4, 0.5) is 0 Å². The van der Waals surface area contributed by atoms with E-state index in [1.165, 1.54) is 51.5 Å². The monoisotopic (exact) mass is 183 g/mol. The molecule has 0 bridgehead atoms. The minimum Gasteiger partial charge on any atom is -0.395 e. The molecule has 1 atom stereocenters. The van der Waals surface area contributed by atoms with Gasteiger partial charge in [-0.05, 0) is 32.2 Å². The Kier molecular flexibility index (Phi) is 3.23. The molecule has 0 amide bonds. The lowest BCUT2D eigenvalue weighted by Gasteiger charge is -2.34. The number of likely N-dealkylation sites (tertiary alicyclic amines) is 1. The van der Waals surface area contributed by atoms with Crippen LogP contribution in [0.1, 0.15) is 44.9 Å². The van der Waals surface area contributed by atoms with Crippen LogP contribution in [-0.2, 0) is 0 Å². The minimum absolute atomic E-state index is 0.372. The highest BCUT2D eigenvalue weighted by Gasteiger charge is 2.30. The second kappa shape index (κ2) is 4.43. The predicted molar refractivity (Wildman–Crippen MR) is 53.7 cm³/mol. The van der Waals surface area contributed by atoms with E-state index in [4.69, 9.17) is 0 Å². The Balaban J connectivity index is 1.90. The second-order valence-corrected chi connectivity index (χ2v) is 4.51. The van der Waals surface area contributed by atoms with Gasteiger partial charge in [0.05, 0.1) is 6.61 Å². The summed E-state index contributed by atoms with van der Waals surface area (Å²) in [6.07, 6.45) is 9.48. The van der Waals surface area contributed by atoms with Crippen LogP contribution in [0.2, 0.25) is 0 Å². The van der Waals surface area contributed by atoms with Gasteiger partial charge in [0, 0.05) is 12.1 Å². The summed E-state index contributed by atoms with van der Waals surface area (Å²) in [7, 11) is 0. The Labute approximate surface area is 80.9 Å². The third kappa shape index (κ3) is 2.05. The molecule has 2 rings (SSSR count). The van der Waals surface area contributed by atoms with Gasteiger partial charge in [0.25, 0.3) is 0 Å². The van der Waals surface area contributed by atoms with Gasteiger partial charge < -0.3 is 5.11 Å². The second-order valence-electron chi connectivity index (χ2n) is 4.51. The molecule has 2 fully saturated rings. The molecule has 1 aliphatic heterocycles. The molecule has 2 aliphatic rings. The van der Waals surface area contributed by atoms with Crippen LogP contribution in [0.5, 0.6) is 0 Å². The quantitative estimate of drug-likeness (QED) is 0.705. The van der Waals surface area contributed by atoms with E-state index in [1.807, 2.05) is 0 Å². The van der Waals surface area contributed by atoms with Gasteiger partial charge in [-0.3, -0.25) is 4.90 Å². The summed E-state index contributed by atoms with van der Waals surface area (Å²) >= 11 is 0. The van der Waals surface area contributed by atoms with Gasteiger partial charge in [-0.25, -0.2) is 0 Å². The summed E-state index contributed by atoms with van der Waals surface area (Å²) in [5.41, 5.74) is 0. The average Bonchev–Trinajstić information content (AvgIpc) is 2.67. The fourth-order valence-corrected chi connectivity index (χ4v) is 2.95. The summed E-state index contributed by atoms with van der Waals surface area (Å²) in [5.74, 6) is 0. The molecule has 1 saturated carbocycles. The number of hydrogen-bond donors (Lipinski definition) is 1. The van der Waals surface area contributed by atoms with Crippen molar-refractivity contribution in [1.29, 1.82) is 0 Å². The van der Waals surface area contributed by atoms with Gasteiger partial charge in [-0.1, -0.05) is 19.3 Å². The number of rotatable bonds is 2. The maximum atomic E-state index is 9.23. The normalized spacial score (nSPS) is 32.5. The molecule has 1 aliphatic carbocycles. The zero-order valence-corrected chi connectivity index (χ0v) is 8.41. The summed E-state index contributed by atoms with van der Waals surface area (Å²) in [5, 5.41) is 9.23. The third-order valence-corrected chi connectivity index (χ3v) is 3.68. The smallest absolute Gasteiger partial charge is 0.0586 e. The van der Waals surface area contributed by atoms with Crippen molar-refractivity contribution in [3.63, 3.8) is 0 Å². The number of nitrogens with zero attached hydrogens (tertiary/aromatic N) is 1. The van der Waals surface area contributed by atoms with Crippen LogP contribution < -0.4 is 0 Å². The lowest BCUT2D eigenvalue weighted by molar-refractivity contribution is 0.0980. The zero-order valence-electron chi connectivity index (χ0n) is 8.41. The number of aliphatic hydroxyl groups is 1. The van der Waals surface area contributed by atoms with Gasteiger partial charge in [-0.2, -0.15) is 0 Å². The summed E-state index contributed by atoms with van der Waals surface area (Å²) < 4.78 is 0. The molecule has 1 saturated heterocycles. The van der Waals surface area contributed by atoms with E-state index in [2.05, 4.69) is 4.90 Å². The molecular weight excluding hydrogens is 162 g/mol. The van der Waals surface area contributed by atoms with E-state index >= 15 is 0 Å². The Morgan fingerprint density at radius 3 is 2.46 bits per heavy atom. The summed E-state index contributed by atoms with van der Waals surface area (Å²) in [6, 6.07) is 1.29. The Morgan fingerprint density at radius 2 is 1.77 bits per heavy atom. The van der Waals surface area contributed by atoms with Crippen LogP contribution in [0, 0.1) is 0 Å². The first-order valence-corrected chi connectivity index (χ1v) is 5.78. The molecule has 0 spiro atoms. The standard InChI is InChI=1S/C11H21NO/c13-9-11-7-4-8-12(11)10-5-2-1-3-6-10/h10-11,13H,1-9H2/t11-/m0/s1. The van der Waals surface area contributed by atoms with E-state index in [9.17, 15) is 5.11 Å². The topological polar surface area (TPSA) is 23.5 Å². The maximum Gasteiger partial charge on any atom is 0.0586 e. The molecule has 0 aromatic rings. The fourth-order valence-electron chi connectivity index (χ4n) is 2.95. The van der Waals surface area contributed by atoms with Crippen molar-refractivity contribution in [1.82, 2.24) is 4.90 Å². The van der Waals surface area contributed by atoms with Crippen molar-refractivity contribution in [2.45, 2.75) is 57.0 Å². The van der Waals surface area contributed by atoms with Gasteiger partial charge in [-0.15, -0.1) is 0 Å². The van der Waals surface area contributed by atoms with Gasteiger partial charge in [0.15, 0.2) is 0 Å². The van der Waals surface area contributed by atoms with Crippen molar-refractivity contribution < 1.29 is 5.11 Å².